The van der Waals surface area contributed by atoms with Crippen molar-refractivity contribution in [3.8, 4) is 11.5 Å². The van der Waals surface area contributed by atoms with E-state index >= 15 is 0 Å². The van der Waals surface area contributed by atoms with Gasteiger partial charge in [-0.25, -0.2) is 0 Å². The van der Waals surface area contributed by atoms with Gasteiger partial charge in [-0.15, -0.1) is 10.2 Å². The smallest absolute Gasteiger partial charge is 0.297 e. The molecule has 0 spiro atoms. The molecule has 3 heterocycles. The summed E-state index contributed by atoms with van der Waals surface area (Å²) in [6, 6.07) is 6.99. The van der Waals surface area contributed by atoms with Crippen LogP contribution in [0.5, 0.6) is 11.5 Å². The second-order valence-electron chi connectivity index (χ2n) is 7.28. The van der Waals surface area contributed by atoms with Crippen molar-refractivity contribution >= 4 is 60.9 Å². The fourth-order valence-electron chi connectivity index (χ4n) is 3.85. The SMILES string of the molecule is CCc1nnc(N2C(=O)c3oc4ccc(Cl)cc4c(=O)c3C2c2cc(Br)c(O)c(OC)c2)s1. The molecule has 1 N–H and O–H groups in total. The lowest BCUT2D eigenvalue weighted by Gasteiger charge is -2.23. The van der Waals surface area contributed by atoms with Crippen molar-refractivity contribution in [2.75, 3.05) is 12.0 Å². The Labute approximate surface area is 204 Å². The number of fused-ring (bicyclic) bond motifs is 2. The number of phenols is 1. The minimum atomic E-state index is -0.879. The quantitative estimate of drug-likeness (QED) is 0.379. The monoisotopic (exact) mass is 547 g/mol. The molecule has 8 nitrogen and oxygen atoms in total. The first-order valence-electron chi connectivity index (χ1n) is 9.82. The topological polar surface area (TPSA) is 106 Å². The lowest BCUT2D eigenvalue weighted by Crippen LogP contribution is -2.29. The maximum atomic E-state index is 13.6. The van der Waals surface area contributed by atoms with Crippen molar-refractivity contribution in [1.82, 2.24) is 10.2 Å². The molecule has 2 aromatic carbocycles. The molecule has 0 radical (unpaired) electrons. The standard InChI is InChI=1S/C22H15BrClN3O5S/c1-3-15-25-26-22(33-15)27-17(9-6-12(23)19(29)14(7-9)31-2)16-18(28)11-8-10(24)4-5-13(11)32-20(16)21(27)30/h4-8,17,29H,3H2,1-2H3. The van der Waals surface area contributed by atoms with E-state index in [0.29, 0.717) is 26.6 Å². The summed E-state index contributed by atoms with van der Waals surface area (Å²) < 4.78 is 11.6. The molecule has 2 aromatic heterocycles. The number of hydrogen-bond donors (Lipinski definition) is 1. The van der Waals surface area contributed by atoms with E-state index in [-0.39, 0.29) is 39.2 Å². The number of carbonyl (C=O) groups excluding carboxylic acids is 1. The Morgan fingerprint density at radius 2 is 2.06 bits per heavy atom. The van der Waals surface area contributed by atoms with Crippen molar-refractivity contribution in [3.05, 3.63) is 71.9 Å². The predicted octanol–water partition coefficient (Wildman–Crippen LogP) is 5.09. The number of amides is 1. The van der Waals surface area contributed by atoms with E-state index in [2.05, 4.69) is 26.1 Å². The van der Waals surface area contributed by atoms with E-state index in [4.69, 9.17) is 20.8 Å². The summed E-state index contributed by atoms with van der Waals surface area (Å²) in [4.78, 5) is 28.6. The van der Waals surface area contributed by atoms with Gasteiger partial charge in [-0.3, -0.25) is 14.5 Å². The lowest BCUT2D eigenvalue weighted by atomic mass is 9.98. The fraction of sp³-hybridized carbons (Fsp3) is 0.182. The largest absolute Gasteiger partial charge is 0.503 e. The molecule has 33 heavy (non-hydrogen) atoms. The molecule has 4 aromatic rings. The van der Waals surface area contributed by atoms with Gasteiger partial charge in [0.25, 0.3) is 5.91 Å². The molecule has 1 unspecified atom stereocenters. The minimum Gasteiger partial charge on any atom is -0.503 e. The third-order valence-electron chi connectivity index (χ3n) is 5.38. The van der Waals surface area contributed by atoms with Gasteiger partial charge in [0.1, 0.15) is 10.6 Å². The number of hydrogen-bond acceptors (Lipinski definition) is 8. The number of rotatable bonds is 4. The number of benzene rings is 2. The molecule has 1 amide bonds. The Kier molecular flexibility index (Phi) is 5.38. The Hall–Kier alpha value is -2.95. The molecule has 5 rings (SSSR count). The Morgan fingerprint density at radius 3 is 2.76 bits per heavy atom. The molecular weight excluding hydrogens is 534 g/mol. The minimum absolute atomic E-state index is 0.0729. The first-order chi connectivity index (χ1) is 15.8. The van der Waals surface area contributed by atoms with Crippen LogP contribution in [0.3, 0.4) is 0 Å². The summed E-state index contributed by atoms with van der Waals surface area (Å²) in [6.45, 7) is 1.94. The molecule has 1 aliphatic heterocycles. The second kappa shape index (κ2) is 8.12. The number of methoxy groups -OCH3 is 1. The molecule has 168 valence electrons. The Morgan fingerprint density at radius 1 is 1.27 bits per heavy atom. The molecule has 1 aliphatic rings. The van der Waals surface area contributed by atoms with Gasteiger partial charge in [-0.1, -0.05) is 29.9 Å². The molecule has 0 bridgehead atoms. The van der Waals surface area contributed by atoms with E-state index in [9.17, 15) is 14.7 Å². The van der Waals surface area contributed by atoms with E-state index < -0.39 is 11.9 Å². The number of aromatic hydroxyl groups is 1. The Bertz CT molecular complexity index is 1500. The van der Waals surface area contributed by atoms with Crippen molar-refractivity contribution in [1.29, 1.82) is 0 Å². The normalized spacial score (nSPS) is 15.3. The first kappa shape index (κ1) is 21.9. The van der Waals surface area contributed by atoms with E-state index in [1.807, 2.05) is 6.92 Å². The summed E-state index contributed by atoms with van der Waals surface area (Å²) >= 11 is 10.7. The number of halogens is 2. The number of carbonyl (C=O) groups is 1. The zero-order valence-electron chi connectivity index (χ0n) is 17.3. The number of ether oxygens (including phenoxy) is 1. The first-order valence-corrected chi connectivity index (χ1v) is 11.8. The number of nitrogens with zero attached hydrogens (tertiary/aromatic N) is 3. The van der Waals surface area contributed by atoms with Crippen LogP contribution in [-0.2, 0) is 6.42 Å². The van der Waals surface area contributed by atoms with Crippen LogP contribution in [0.1, 0.15) is 39.7 Å². The number of anilines is 1. The van der Waals surface area contributed by atoms with E-state index in [1.165, 1.54) is 29.4 Å². The van der Waals surface area contributed by atoms with Gasteiger partial charge in [-0.05, 0) is 58.2 Å². The van der Waals surface area contributed by atoms with Crippen LogP contribution in [0.15, 0.2) is 44.0 Å². The van der Waals surface area contributed by atoms with Crippen LogP contribution < -0.4 is 15.1 Å². The molecule has 11 heteroatoms. The molecule has 0 fully saturated rings. The summed E-state index contributed by atoms with van der Waals surface area (Å²) in [6.07, 6.45) is 0.648. The van der Waals surface area contributed by atoms with E-state index in [1.54, 1.807) is 24.3 Å². The third kappa shape index (κ3) is 3.40. The molecular formula is C22H15BrClN3O5S. The maximum absolute atomic E-state index is 13.6. The van der Waals surface area contributed by atoms with Crippen LogP contribution in [0.2, 0.25) is 5.02 Å². The van der Waals surface area contributed by atoms with Gasteiger partial charge in [0.2, 0.25) is 10.9 Å². The van der Waals surface area contributed by atoms with Gasteiger partial charge in [0, 0.05) is 5.02 Å². The highest BCUT2D eigenvalue weighted by molar-refractivity contribution is 9.10. The highest BCUT2D eigenvalue weighted by Gasteiger charge is 2.45. The highest BCUT2D eigenvalue weighted by Crippen LogP contribution is 2.45. The second-order valence-corrected chi connectivity index (χ2v) is 9.61. The molecule has 0 aliphatic carbocycles. The van der Waals surface area contributed by atoms with Gasteiger partial charge in [0.15, 0.2) is 16.9 Å². The number of aryl methyl sites for hydroxylation is 1. The van der Waals surface area contributed by atoms with Crippen LogP contribution in [0, 0.1) is 0 Å². The molecule has 0 saturated carbocycles. The van der Waals surface area contributed by atoms with Crippen LogP contribution >= 0.6 is 38.9 Å². The van der Waals surface area contributed by atoms with Gasteiger partial charge < -0.3 is 14.3 Å². The lowest BCUT2D eigenvalue weighted by molar-refractivity contribution is 0.0970. The van der Waals surface area contributed by atoms with Gasteiger partial charge in [-0.2, -0.15) is 0 Å². The van der Waals surface area contributed by atoms with Crippen molar-refractivity contribution in [2.24, 2.45) is 0 Å². The fourth-order valence-corrected chi connectivity index (χ4v) is 5.29. The average Bonchev–Trinajstić information content (AvgIpc) is 3.39. The summed E-state index contributed by atoms with van der Waals surface area (Å²) in [7, 11) is 1.42. The Balaban J connectivity index is 1.83. The zero-order chi connectivity index (χ0) is 23.4. The molecule has 0 saturated heterocycles. The molecule has 1 atom stereocenters. The number of aromatic nitrogens is 2. The van der Waals surface area contributed by atoms with Crippen molar-refractivity contribution in [2.45, 2.75) is 19.4 Å². The number of phenolic OH excluding ortho intramolecular Hbond substituents is 1. The van der Waals surface area contributed by atoms with Crippen molar-refractivity contribution in [3.63, 3.8) is 0 Å². The van der Waals surface area contributed by atoms with Gasteiger partial charge in [0.05, 0.1) is 28.6 Å². The third-order valence-corrected chi connectivity index (χ3v) is 7.29. The predicted molar refractivity (Wildman–Crippen MR) is 128 cm³/mol. The van der Waals surface area contributed by atoms with Crippen LogP contribution in [0.25, 0.3) is 11.0 Å². The highest BCUT2D eigenvalue weighted by atomic mass is 79.9. The summed E-state index contributed by atoms with van der Waals surface area (Å²) in [5, 5.41) is 20.3. The van der Waals surface area contributed by atoms with Crippen LogP contribution in [-0.4, -0.2) is 28.3 Å². The van der Waals surface area contributed by atoms with Crippen molar-refractivity contribution < 1.29 is 19.1 Å². The van der Waals surface area contributed by atoms with Crippen LogP contribution in [0.4, 0.5) is 5.13 Å². The summed E-state index contributed by atoms with van der Waals surface area (Å²) in [5.41, 5.74) is 0.555. The average molecular weight is 549 g/mol. The van der Waals surface area contributed by atoms with Gasteiger partial charge >= 0.3 is 0 Å². The maximum Gasteiger partial charge on any atom is 0.297 e. The zero-order valence-corrected chi connectivity index (χ0v) is 20.4. The van der Waals surface area contributed by atoms with E-state index in [0.717, 1.165) is 5.01 Å². The summed E-state index contributed by atoms with van der Waals surface area (Å²) in [5.74, 6) is -0.499.